The SMILES string of the molecule is c1ccc(-c2cccc3cccc(-c4cccc(Nc5ccc6c(c5)oc5ccccc56)c4)c23)cc1. The van der Waals surface area contributed by atoms with Crippen molar-refractivity contribution in [3.8, 4) is 22.3 Å². The summed E-state index contributed by atoms with van der Waals surface area (Å²) in [6, 6.07) is 46.8. The average Bonchev–Trinajstić information content (AvgIpc) is 3.31. The first-order valence-electron chi connectivity index (χ1n) is 12.2. The summed E-state index contributed by atoms with van der Waals surface area (Å²) >= 11 is 0. The van der Waals surface area contributed by atoms with Crippen molar-refractivity contribution in [2.24, 2.45) is 0 Å². The molecule has 6 aromatic carbocycles. The molecule has 1 heterocycles. The van der Waals surface area contributed by atoms with Gasteiger partial charge in [-0.15, -0.1) is 0 Å². The molecule has 7 rings (SSSR count). The van der Waals surface area contributed by atoms with E-state index in [-0.39, 0.29) is 0 Å². The highest BCUT2D eigenvalue weighted by Gasteiger charge is 2.11. The van der Waals surface area contributed by atoms with Crippen molar-refractivity contribution in [2.45, 2.75) is 0 Å². The standard InChI is InChI=1S/C34H23NO/c1-2-9-23(10-3-1)28-16-7-11-24-12-8-17-29(34(24)28)25-13-6-14-26(21-25)35-27-19-20-31-30-15-4-5-18-32(30)36-33(31)22-27/h1-22,35H. The van der Waals surface area contributed by atoms with Gasteiger partial charge in [-0.25, -0.2) is 0 Å². The van der Waals surface area contributed by atoms with Crippen molar-refractivity contribution in [3.63, 3.8) is 0 Å². The highest BCUT2D eigenvalue weighted by Crippen LogP contribution is 2.38. The van der Waals surface area contributed by atoms with Gasteiger partial charge in [0.15, 0.2) is 0 Å². The number of hydrogen-bond donors (Lipinski definition) is 1. The van der Waals surface area contributed by atoms with Crippen LogP contribution in [0.4, 0.5) is 11.4 Å². The van der Waals surface area contributed by atoms with E-state index < -0.39 is 0 Å². The van der Waals surface area contributed by atoms with Crippen LogP contribution in [0.1, 0.15) is 0 Å². The van der Waals surface area contributed by atoms with Crippen LogP contribution in [-0.4, -0.2) is 0 Å². The van der Waals surface area contributed by atoms with E-state index >= 15 is 0 Å². The summed E-state index contributed by atoms with van der Waals surface area (Å²) in [7, 11) is 0. The fraction of sp³-hybridized carbons (Fsp3) is 0. The van der Waals surface area contributed by atoms with Crippen LogP contribution in [0.15, 0.2) is 138 Å². The predicted molar refractivity (Wildman–Crippen MR) is 152 cm³/mol. The van der Waals surface area contributed by atoms with Gasteiger partial charge in [0.1, 0.15) is 11.2 Å². The third-order valence-electron chi connectivity index (χ3n) is 6.83. The lowest BCUT2D eigenvalue weighted by molar-refractivity contribution is 0.669. The molecule has 1 N–H and O–H groups in total. The summed E-state index contributed by atoms with van der Waals surface area (Å²) in [6.45, 7) is 0. The zero-order valence-corrected chi connectivity index (χ0v) is 19.6. The van der Waals surface area contributed by atoms with Crippen molar-refractivity contribution in [1.82, 2.24) is 0 Å². The molecule has 0 atom stereocenters. The number of fused-ring (bicyclic) bond motifs is 4. The summed E-state index contributed by atoms with van der Waals surface area (Å²) in [5, 5.41) is 8.37. The molecule has 0 fully saturated rings. The van der Waals surface area contributed by atoms with Gasteiger partial charge in [0, 0.05) is 28.2 Å². The molecule has 0 unspecified atom stereocenters. The van der Waals surface area contributed by atoms with Crippen molar-refractivity contribution >= 4 is 44.1 Å². The smallest absolute Gasteiger partial charge is 0.137 e. The number of anilines is 2. The third kappa shape index (κ3) is 3.52. The Morgan fingerprint density at radius 3 is 1.97 bits per heavy atom. The van der Waals surface area contributed by atoms with Crippen LogP contribution in [-0.2, 0) is 0 Å². The van der Waals surface area contributed by atoms with E-state index in [9.17, 15) is 0 Å². The van der Waals surface area contributed by atoms with E-state index in [4.69, 9.17) is 4.42 Å². The van der Waals surface area contributed by atoms with E-state index in [0.717, 1.165) is 33.3 Å². The monoisotopic (exact) mass is 461 g/mol. The first-order valence-corrected chi connectivity index (χ1v) is 12.2. The van der Waals surface area contributed by atoms with Crippen LogP contribution in [0.3, 0.4) is 0 Å². The van der Waals surface area contributed by atoms with Crippen LogP contribution in [0.2, 0.25) is 0 Å². The van der Waals surface area contributed by atoms with Crippen molar-refractivity contribution in [1.29, 1.82) is 0 Å². The molecule has 0 amide bonds. The summed E-state index contributed by atoms with van der Waals surface area (Å²) in [4.78, 5) is 0. The lowest BCUT2D eigenvalue weighted by Gasteiger charge is -2.14. The summed E-state index contributed by atoms with van der Waals surface area (Å²) in [5.41, 5.74) is 8.72. The Bertz CT molecular complexity index is 1860. The number of hydrogen-bond acceptors (Lipinski definition) is 2. The Labute approximate surface area is 209 Å². The molecule has 0 bridgehead atoms. The maximum absolute atomic E-state index is 6.09. The van der Waals surface area contributed by atoms with Gasteiger partial charge in [0.2, 0.25) is 0 Å². The van der Waals surface area contributed by atoms with Gasteiger partial charge in [-0.2, -0.15) is 0 Å². The molecule has 0 radical (unpaired) electrons. The largest absolute Gasteiger partial charge is 0.456 e. The molecule has 0 spiro atoms. The van der Waals surface area contributed by atoms with Gasteiger partial charge in [-0.05, 0) is 63.4 Å². The highest BCUT2D eigenvalue weighted by atomic mass is 16.3. The predicted octanol–water partition coefficient (Wildman–Crippen LogP) is 9.82. The molecule has 170 valence electrons. The number of furan rings is 1. The maximum atomic E-state index is 6.09. The van der Waals surface area contributed by atoms with E-state index in [1.54, 1.807) is 0 Å². The Balaban J connectivity index is 1.30. The molecule has 2 nitrogen and oxygen atoms in total. The quantitative estimate of drug-likeness (QED) is 0.282. The van der Waals surface area contributed by atoms with Crippen molar-refractivity contribution < 1.29 is 4.42 Å². The maximum Gasteiger partial charge on any atom is 0.137 e. The van der Waals surface area contributed by atoms with Crippen LogP contribution in [0.25, 0.3) is 55.0 Å². The number of nitrogens with one attached hydrogen (secondary N) is 1. The van der Waals surface area contributed by atoms with Crippen LogP contribution in [0.5, 0.6) is 0 Å². The van der Waals surface area contributed by atoms with E-state index in [2.05, 4.69) is 121 Å². The second-order valence-electron chi connectivity index (χ2n) is 9.09. The van der Waals surface area contributed by atoms with Gasteiger partial charge < -0.3 is 9.73 Å². The molecule has 36 heavy (non-hydrogen) atoms. The first-order chi connectivity index (χ1) is 17.8. The van der Waals surface area contributed by atoms with E-state index in [1.807, 2.05) is 18.2 Å². The average molecular weight is 462 g/mol. The number of para-hydroxylation sites is 1. The zero-order chi connectivity index (χ0) is 23.9. The minimum absolute atomic E-state index is 0.888. The van der Waals surface area contributed by atoms with Gasteiger partial charge in [0.25, 0.3) is 0 Å². The van der Waals surface area contributed by atoms with Crippen molar-refractivity contribution in [3.05, 3.63) is 133 Å². The molecule has 0 saturated heterocycles. The van der Waals surface area contributed by atoms with Crippen LogP contribution in [0, 0.1) is 0 Å². The molecule has 1 aromatic heterocycles. The number of rotatable bonds is 4. The Morgan fingerprint density at radius 1 is 0.444 bits per heavy atom. The summed E-state index contributed by atoms with van der Waals surface area (Å²) < 4.78 is 6.09. The number of benzene rings is 6. The minimum Gasteiger partial charge on any atom is -0.456 e. The lowest BCUT2D eigenvalue weighted by atomic mass is 9.91. The molecule has 0 aliphatic carbocycles. The fourth-order valence-electron chi connectivity index (χ4n) is 5.17. The normalized spacial score (nSPS) is 11.3. The Kier molecular flexibility index (Phi) is 4.82. The molecular weight excluding hydrogens is 438 g/mol. The molecule has 0 aliphatic heterocycles. The topological polar surface area (TPSA) is 25.2 Å². The first kappa shape index (κ1) is 20.5. The van der Waals surface area contributed by atoms with Gasteiger partial charge >= 0.3 is 0 Å². The van der Waals surface area contributed by atoms with E-state index in [1.165, 1.54) is 33.0 Å². The molecule has 0 aliphatic rings. The van der Waals surface area contributed by atoms with Gasteiger partial charge in [-0.1, -0.05) is 97.1 Å². The Hall–Kier alpha value is -4.82. The highest BCUT2D eigenvalue weighted by molar-refractivity contribution is 6.07. The Morgan fingerprint density at radius 2 is 1.11 bits per heavy atom. The van der Waals surface area contributed by atoms with Gasteiger partial charge in [-0.3, -0.25) is 0 Å². The third-order valence-corrected chi connectivity index (χ3v) is 6.83. The lowest BCUT2D eigenvalue weighted by Crippen LogP contribution is -1.91. The minimum atomic E-state index is 0.888. The van der Waals surface area contributed by atoms with Crippen LogP contribution >= 0.6 is 0 Å². The second kappa shape index (κ2) is 8.44. The molecule has 0 saturated carbocycles. The fourth-order valence-corrected chi connectivity index (χ4v) is 5.17. The van der Waals surface area contributed by atoms with Crippen LogP contribution < -0.4 is 5.32 Å². The summed E-state index contributed by atoms with van der Waals surface area (Å²) in [6.07, 6.45) is 0. The van der Waals surface area contributed by atoms with E-state index in [0.29, 0.717) is 0 Å². The van der Waals surface area contributed by atoms with Gasteiger partial charge in [0.05, 0.1) is 0 Å². The molecular formula is C34H23NO. The van der Waals surface area contributed by atoms with Crippen molar-refractivity contribution in [2.75, 3.05) is 5.32 Å². The molecule has 7 aromatic rings. The second-order valence-corrected chi connectivity index (χ2v) is 9.09. The zero-order valence-electron chi connectivity index (χ0n) is 19.6. The summed E-state index contributed by atoms with van der Waals surface area (Å²) in [5.74, 6) is 0. The molecule has 2 heteroatoms.